The molecule has 0 bridgehead atoms. The lowest BCUT2D eigenvalue weighted by molar-refractivity contribution is 0.445. The molecule has 16 heavy (non-hydrogen) atoms. The number of sulfonamides is 1. The maximum Gasteiger partial charge on any atom is 0.243 e. The van der Waals surface area contributed by atoms with Gasteiger partial charge in [-0.3, -0.25) is 0 Å². The van der Waals surface area contributed by atoms with Gasteiger partial charge in [0, 0.05) is 18.7 Å². The number of benzene rings is 1. The van der Waals surface area contributed by atoms with Crippen LogP contribution >= 0.6 is 0 Å². The lowest BCUT2D eigenvalue weighted by Gasteiger charge is -2.18. The van der Waals surface area contributed by atoms with E-state index in [0.717, 1.165) is 0 Å². The third-order valence-corrected chi connectivity index (χ3v) is 4.41. The van der Waals surface area contributed by atoms with Crippen molar-refractivity contribution in [3.8, 4) is 12.3 Å². The molecule has 1 aromatic rings. The Morgan fingerprint density at radius 2 is 1.88 bits per heavy atom. The van der Waals surface area contributed by atoms with Crippen molar-refractivity contribution in [1.82, 2.24) is 4.31 Å². The molecule has 0 radical (unpaired) electrons. The van der Waals surface area contributed by atoms with Crippen LogP contribution in [0.4, 0.5) is 0 Å². The minimum atomic E-state index is -3.39. The van der Waals surface area contributed by atoms with Crippen LogP contribution in [0.5, 0.6) is 0 Å². The van der Waals surface area contributed by atoms with Crippen LogP contribution in [0.15, 0.2) is 29.2 Å². The summed E-state index contributed by atoms with van der Waals surface area (Å²) in [5, 5.41) is 0. The Bertz CT molecular complexity index is 522. The monoisotopic (exact) mass is 238 g/mol. The number of rotatable bonds is 4. The lowest BCUT2D eigenvalue weighted by Crippen LogP contribution is -2.30. The SMILES string of the molecule is [2H]C#Cc1ccc(S(=O)(=O)N(CC)CC)cc1. The van der Waals surface area contributed by atoms with Crippen molar-refractivity contribution in [2.45, 2.75) is 18.7 Å². The molecule has 1 rings (SSSR count). The van der Waals surface area contributed by atoms with Crippen LogP contribution in [0.25, 0.3) is 0 Å². The second-order valence-corrected chi connectivity index (χ2v) is 5.18. The summed E-state index contributed by atoms with van der Waals surface area (Å²) in [5.41, 5.74) is 0.637. The second kappa shape index (κ2) is 5.15. The van der Waals surface area contributed by atoms with Gasteiger partial charge in [0.05, 0.1) is 4.90 Å². The first-order valence-electron chi connectivity index (χ1n) is 5.59. The van der Waals surface area contributed by atoms with Crippen LogP contribution in [-0.4, -0.2) is 25.8 Å². The van der Waals surface area contributed by atoms with Crippen molar-refractivity contribution >= 4 is 10.0 Å². The van der Waals surface area contributed by atoms with E-state index in [4.69, 9.17) is 1.37 Å². The summed E-state index contributed by atoms with van der Waals surface area (Å²) in [6.07, 6.45) is 2.03. The topological polar surface area (TPSA) is 37.4 Å². The van der Waals surface area contributed by atoms with Gasteiger partial charge < -0.3 is 0 Å². The third-order valence-electron chi connectivity index (χ3n) is 2.34. The quantitative estimate of drug-likeness (QED) is 0.749. The normalized spacial score (nSPS) is 11.8. The standard InChI is InChI=1S/C12H15NO2S/c1-4-11-7-9-12(10-8-11)16(14,15)13(5-2)6-3/h1,7-10H,5-6H2,2-3H3/i1D. The van der Waals surface area contributed by atoms with Gasteiger partial charge in [0.2, 0.25) is 10.0 Å². The van der Waals surface area contributed by atoms with E-state index in [2.05, 4.69) is 5.92 Å². The molecule has 0 aliphatic carbocycles. The molecule has 0 N–H and O–H groups in total. The van der Waals surface area contributed by atoms with Crippen molar-refractivity contribution in [3.63, 3.8) is 0 Å². The van der Waals surface area contributed by atoms with Gasteiger partial charge in [0.1, 0.15) is 1.37 Å². The summed E-state index contributed by atoms with van der Waals surface area (Å²) in [6, 6.07) is 6.26. The van der Waals surface area contributed by atoms with Crippen molar-refractivity contribution in [3.05, 3.63) is 29.8 Å². The van der Waals surface area contributed by atoms with Crippen molar-refractivity contribution in [1.29, 1.82) is 0 Å². The Morgan fingerprint density at radius 1 is 1.31 bits per heavy atom. The van der Waals surface area contributed by atoms with Gasteiger partial charge in [-0.25, -0.2) is 8.42 Å². The van der Waals surface area contributed by atoms with Crippen LogP contribution in [0, 0.1) is 12.3 Å². The van der Waals surface area contributed by atoms with Crippen molar-refractivity contribution in [2.24, 2.45) is 0 Å². The van der Waals surface area contributed by atoms with Gasteiger partial charge in [0.25, 0.3) is 0 Å². The first kappa shape index (κ1) is 11.2. The smallest absolute Gasteiger partial charge is 0.207 e. The van der Waals surface area contributed by atoms with Crippen molar-refractivity contribution < 1.29 is 9.79 Å². The predicted octanol–water partition coefficient (Wildman–Crippen LogP) is 1.70. The summed E-state index contributed by atoms with van der Waals surface area (Å²) in [5.74, 6) is 2.55. The molecular formula is C12H15NO2S. The van der Waals surface area contributed by atoms with Crippen LogP contribution in [0.2, 0.25) is 0 Å². The molecule has 86 valence electrons. The molecule has 0 atom stereocenters. The van der Waals surface area contributed by atoms with Gasteiger partial charge in [0.15, 0.2) is 0 Å². The van der Waals surface area contributed by atoms with Crippen LogP contribution in [0.1, 0.15) is 20.8 Å². The molecule has 0 aliphatic rings. The Hall–Kier alpha value is -1.31. The molecule has 0 saturated heterocycles. The molecule has 0 unspecified atom stereocenters. The highest BCUT2D eigenvalue weighted by Gasteiger charge is 2.20. The second-order valence-electron chi connectivity index (χ2n) is 3.24. The van der Waals surface area contributed by atoms with Gasteiger partial charge in [-0.15, -0.1) is 6.40 Å². The first-order valence-corrected chi connectivity index (χ1v) is 6.53. The zero-order valence-electron chi connectivity index (χ0n) is 10.4. The number of terminal acetylenes is 1. The van der Waals surface area contributed by atoms with E-state index in [9.17, 15) is 8.42 Å². The van der Waals surface area contributed by atoms with E-state index < -0.39 is 10.0 Å². The zero-order valence-corrected chi connectivity index (χ0v) is 10.2. The molecular weight excluding hydrogens is 222 g/mol. The Morgan fingerprint density at radius 3 is 2.31 bits per heavy atom. The highest BCUT2D eigenvalue weighted by atomic mass is 32.2. The fraction of sp³-hybridized carbons (Fsp3) is 0.333. The zero-order chi connectivity index (χ0) is 12.9. The van der Waals surface area contributed by atoms with E-state index in [0.29, 0.717) is 18.7 Å². The number of hydrogen-bond donors (Lipinski definition) is 0. The Labute approximate surface area is 98.5 Å². The fourth-order valence-corrected chi connectivity index (χ4v) is 2.88. The molecule has 0 amide bonds. The maximum atomic E-state index is 12.1. The molecule has 0 saturated carbocycles. The van der Waals surface area contributed by atoms with Gasteiger partial charge in [-0.1, -0.05) is 19.8 Å². The molecule has 0 heterocycles. The molecule has 0 fully saturated rings. The van der Waals surface area contributed by atoms with E-state index in [-0.39, 0.29) is 4.90 Å². The fourth-order valence-electron chi connectivity index (χ4n) is 1.42. The molecule has 0 spiro atoms. The van der Waals surface area contributed by atoms with Gasteiger partial charge >= 0.3 is 0 Å². The third kappa shape index (κ3) is 2.43. The highest BCUT2D eigenvalue weighted by Crippen LogP contribution is 2.15. The summed E-state index contributed by atoms with van der Waals surface area (Å²) in [7, 11) is -3.39. The van der Waals surface area contributed by atoms with Crippen LogP contribution in [-0.2, 0) is 10.0 Å². The van der Waals surface area contributed by atoms with E-state index >= 15 is 0 Å². The number of hydrogen-bond acceptors (Lipinski definition) is 2. The summed E-state index contributed by atoms with van der Waals surface area (Å²) >= 11 is 0. The Balaban J connectivity index is 3.10. The minimum Gasteiger partial charge on any atom is -0.207 e. The van der Waals surface area contributed by atoms with Crippen LogP contribution in [0.3, 0.4) is 0 Å². The van der Waals surface area contributed by atoms with E-state index in [1.165, 1.54) is 16.4 Å². The average Bonchev–Trinajstić information content (AvgIpc) is 2.31. The summed E-state index contributed by atoms with van der Waals surface area (Å²) in [6.45, 7) is 4.52. The van der Waals surface area contributed by atoms with Crippen molar-refractivity contribution in [2.75, 3.05) is 13.1 Å². The van der Waals surface area contributed by atoms with Gasteiger partial charge in [-0.2, -0.15) is 4.31 Å². The predicted molar refractivity (Wildman–Crippen MR) is 64.5 cm³/mol. The Kier molecular flexibility index (Phi) is 3.60. The molecule has 0 aliphatic heterocycles. The molecule has 3 nitrogen and oxygen atoms in total. The maximum absolute atomic E-state index is 12.1. The summed E-state index contributed by atoms with van der Waals surface area (Å²) < 4.78 is 32.4. The van der Waals surface area contributed by atoms with Crippen LogP contribution < -0.4 is 0 Å². The lowest BCUT2D eigenvalue weighted by atomic mass is 10.2. The van der Waals surface area contributed by atoms with E-state index in [1.807, 2.05) is 6.40 Å². The number of nitrogens with zero attached hydrogens (tertiary/aromatic N) is 1. The van der Waals surface area contributed by atoms with Gasteiger partial charge in [-0.05, 0) is 24.3 Å². The molecule has 1 aromatic carbocycles. The average molecular weight is 238 g/mol. The minimum absolute atomic E-state index is 0.261. The molecule has 4 heteroatoms. The first-order chi connectivity index (χ1) is 8.06. The highest BCUT2D eigenvalue weighted by molar-refractivity contribution is 7.89. The largest absolute Gasteiger partial charge is 0.243 e. The molecule has 0 aromatic heterocycles. The van der Waals surface area contributed by atoms with E-state index in [1.54, 1.807) is 26.0 Å². The summed E-state index contributed by atoms with van der Waals surface area (Å²) in [4.78, 5) is 0.261.